The van der Waals surface area contributed by atoms with Crippen molar-refractivity contribution >= 4 is 5.91 Å². The van der Waals surface area contributed by atoms with Gasteiger partial charge in [0.1, 0.15) is 0 Å². The number of carbonyl (C=O) groups is 1. The summed E-state index contributed by atoms with van der Waals surface area (Å²) in [6, 6.07) is 1.14. The minimum atomic E-state index is -0.409. The summed E-state index contributed by atoms with van der Waals surface area (Å²) < 4.78 is 0. The van der Waals surface area contributed by atoms with E-state index < -0.39 is 6.10 Å². The molecule has 0 radical (unpaired) electrons. The molecule has 0 bridgehead atoms. The van der Waals surface area contributed by atoms with Crippen LogP contribution in [-0.4, -0.2) is 47.2 Å². The first-order valence-corrected chi connectivity index (χ1v) is 8.46. The number of hydrogen-bond donors (Lipinski definition) is 2. The highest BCUT2D eigenvalue weighted by molar-refractivity contribution is 5.79. The quantitative estimate of drug-likeness (QED) is 0.827. The van der Waals surface area contributed by atoms with Gasteiger partial charge in [-0.15, -0.1) is 0 Å². The molecule has 0 aromatic rings. The summed E-state index contributed by atoms with van der Waals surface area (Å²) >= 11 is 0. The lowest BCUT2D eigenvalue weighted by molar-refractivity contribution is -0.128. The van der Waals surface area contributed by atoms with Crippen LogP contribution in [0.2, 0.25) is 0 Å². The van der Waals surface area contributed by atoms with Gasteiger partial charge in [0, 0.05) is 25.2 Å². The van der Waals surface area contributed by atoms with Gasteiger partial charge < -0.3 is 15.3 Å². The number of aliphatic hydroxyl groups excluding tert-OH is 1. The molecule has 4 nitrogen and oxygen atoms in total. The zero-order chi connectivity index (χ0) is 13.9. The normalized spacial score (nSPS) is 33.6. The van der Waals surface area contributed by atoms with Crippen LogP contribution in [0.3, 0.4) is 0 Å². The van der Waals surface area contributed by atoms with E-state index in [1.165, 1.54) is 25.7 Å². The third kappa shape index (κ3) is 3.17. The van der Waals surface area contributed by atoms with Crippen LogP contribution >= 0.6 is 0 Å². The lowest BCUT2D eigenvalue weighted by Crippen LogP contribution is -2.49. The highest BCUT2D eigenvalue weighted by atomic mass is 16.3. The largest absolute Gasteiger partial charge is 0.392 e. The zero-order valence-corrected chi connectivity index (χ0v) is 12.4. The van der Waals surface area contributed by atoms with Gasteiger partial charge in [-0.05, 0) is 44.9 Å². The highest BCUT2D eigenvalue weighted by Gasteiger charge is 2.33. The molecule has 3 rings (SSSR count). The number of amides is 1. The summed E-state index contributed by atoms with van der Waals surface area (Å²) in [6.07, 6.45) is 9.88. The summed E-state index contributed by atoms with van der Waals surface area (Å²) in [6.45, 7) is 2.26. The van der Waals surface area contributed by atoms with Crippen LogP contribution in [0.5, 0.6) is 0 Å². The van der Waals surface area contributed by atoms with E-state index in [1.54, 1.807) is 0 Å². The second-order valence-corrected chi connectivity index (χ2v) is 6.86. The monoisotopic (exact) mass is 280 g/mol. The average molecular weight is 280 g/mol. The van der Waals surface area contributed by atoms with E-state index in [9.17, 15) is 9.90 Å². The van der Waals surface area contributed by atoms with Crippen molar-refractivity contribution in [3.05, 3.63) is 0 Å². The minimum Gasteiger partial charge on any atom is -0.392 e. The smallest absolute Gasteiger partial charge is 0.225 e. The van der Waals surface area contributed by atoms with Crippen molar-refractivity contribution in [2.75, 3.05) is 13.1 Å². The Balaban J connectivity index is 1.42. The molecule has 4 heteroatoms. The first-order chi connectivity index (χ1) is 9.74. The van der Waals surface area contributed by atoms with Gasteiger partial charge in [-0.2, -0.15) is 0 Å². The number of aliphatic hydroxyl groups is 1. The molecule has 0 aromatic heterocycles. The maximum absolute atomic E-state index is 12.2. The first kappa shape index (κ1) is 14.3. The summed E-state index contributed by atoms with van der Waals surface area (Å²) in [5.41, 5.74) is 0. The minimum absolute atomic E-state index is 0.0920. The number of likely N-dealkylation sites (tertiary alicyclic amines) is 1. The Morgan fingerprint density at radius 2 is 1.65 bits per heavy atom. The number of nitrogens with one attached hydrogen (secondary N) is 1. The Morgan fingerprint density at radius 3 is 2.25 bits per heavy atom. The standard InChI is InChI=1S/C16H28N2O2/c19-15-7-3-6-14(15)16(20)17-12-8-10-18(11-9-12)13-4-1-2-5-13/h12-15,19H,1-11H2,(H,17,20). The molecule has 2 aliphatic carbocycles. The molecule has 2 saturated carbocycles. The van der Waals surface area contributed by atoms with Gasteiger partial charge in [-0.25, -0.2) is 0 Å². The Kier molecular flexibility index (Phi) is 4.61. The molecular formula is C16H28N2O2. The van der Waals surface area contributed by atoms with Crippen molar-refractivity contribution in [3.8, 4) is 0 Å². The fraction of sp³-hybridized carbons (Fsp3) is 0.938. The van der Waals surface area contributed by atoms with Gasteiger partial charge in [0.15, 0.2) is 0 Å². The molecule has 2 N–H and O–H groups in total. The second kappa shape index (κ2) is 6.44. The van der Waals surface area contributed by atoms with Crippen LogP contribution in [0, 0.1) is 5.92 Å². The Bertz CT molecular complexity index is 333. The molecule has 1 saturated heterocycles. The Morgan fingerprint density at radius 1 is 0.950 bits per heavy atom. The summed E-state index contributed by atoms with van der Waals surface area (Å²) in [5, 5.41) is 13.0. The molecule has 20 heavy (non-hydrogen) atoms. The lowest BCUT2D eigenvalue weighted by Gasteiger charge is -2.36. The maximum atomic E-state index is 12.2. The molecular weight excluding hydrogens is 252 g/mol. The van der Waals surface area contributed by atoms with Crippen molar-refractivity contribution in [2.24, 2.45) is 5.92 Å². The number of carbonyl (C=O) groups excluding carboxylic acids is 1. The van der Waals surface area contributed by atoms with Gasteiger partial charge in [0.2, 0.25) is 5.91 Å². The van der Waals surface area contributed by atoms with Crippen molar-refractivity contribution < 1.29 is 9.90 Å². The molecule has 1 heterocycles. The van der Waals surface area contributed by atoms with Gasteiger partial charge in [-0.3, -0.25) is 4.79 Å². The summed E-state index contributed by atoms with van der Waals surface area (Å²) in [4.78, 5) is 14.8. The molecule has 2 unspecified atom stereocenters. The molecule has 1 aliphatic heterocycles. The fourth-order valence-electron chi connectivity index (χ4n) is 4.23. The second-order valence-electron chi connectivity index (χ2n) is 6.86. The fourth-order valence-corrected chi connectivity index (χ4v) is 4.23. The van der Waals surface area contributed by atoms with E-state index in [4.69, 9.17) is 0 Å². The number of hydrogen-bond acceptors (Lipinski definition) is 3. The van der Waals surface area contributed by atoms with Crippen LogP contribution in [0.15, 0.2) is 0 Å². The first-order valence-electron chi connectivity index (χ1n) is 8.46. The van der Waals surface area contributed by atoms with Crippen molar-refractivity contribution in [1.82, 2.24) is 10.2 Å². The van der Waals surface area contributed by atoms with Crippen molar-refractivity contribution in [1.29, 1.82) is 0 Å². The van der Waals surface area contributed by atoms with E-state index >= 15 is 0 Å². The lowest BCUT2D eigenvalue weighted by atomic mass is 10.00. The summed E-state index contributed by atoms with van der Waals surface area (Å²) in [7, 11) is 0. The molecule has 114 valence electrons. The number of rotatable bonds is 3. The van der Waals surface area contributed by atoms with Crippen LogP contribution in [0.25, 0.3) is 0 Å². The predicted octanol–water partition coefficient (Wildman–Crippen LogP) is 1.67. The van der Waals surface area contributed by atoms with Gasteiger partial charge in [0.25, 0.3) is 0 Å². The molecule has 2 atom stereocenters. The van der Waals surface area contributed by atoms with Gasteiger partial charge >= 0.3 is 0 Å². The maximum Gasteiger partial charge on any atom is 0.225 e. The van der Waals surface area contributed by atoms with Gasteiger partial charge in [0.05, 0.1) is 12.0 Å². The van der Waals surface area contributed by atoms with Crippen molar-refractivity contribution in [2.45, 2.75) is 76.0 Å². The molecule has 1 amide bonds. The molecule has 0 spiro atoms. The Hall–Kier alpha value is -0.610. The van der Waals surface area contributed by atoms with E-state index in [-0.39, 0.29) is 11.8 Å². The van der Waals surface area contributed by atoms with Crippen molar-refractivity contribution in [3.63, 3.8) is 0 Å². The van der Waals surface area contributed by atoms with Crippen LogP contribution in [-0.2, 0) is 4.79 Å². The number of nitrogens with zero attached hydrogens (tertiary/aromatic N) is 1. The molecule has 3 fully saturated rings. The third-order valence-corrected chi connectivity index (χ3v) is 5.53. The predicted molar refractivity (Wildman–Crippen MR) is 78.3 cm³/mol. The highest BCUT2D eigenvalue weighted by Crippen LogP contribution is 2.28. The third-order valence-electron chi connectivity index (χ3n) is 5.53. The van der Waals surface area contributed by atoms with Crippen LogP contribution in [0.4, 0.5) is 0 Å². The van der Waals surface area contributed by atoms with Crippen LogP contribution in [0.1, 0.15) is 57.8 Å². The average Bonchev–Trinajstić information content (AvgIpc) is 3.10. The summed E-state index contributed by atoms with van der Waals surface area (Å²) in [5.74, 6) is -0.0582. The zero-order valence-electron chi connectivity index (χ0n) is 12.4. The van der Waals surface area contributed by atoms with Crippen LogP contribution < -0.4 is 5.32 Å². The van der Waals surface area contributed by atoms with E-state index in [2.05, 4.69) is 10.2 Å². The van der Waals surface area contributed by atoms with E-state index in [1.807, 2.05) is 0 Å². The number of piperidine rings is 1. The van der Waals surface area contributed by atoms with Gasteiger partial charge in [-0.1, -0.05) is 12.8 Å². The van der Waals surface area contributed by atoms with E-state index in [0.29, 0.717) is 6.04 Å². The molecule has 3 aliphatic rings. The topological polar surface area (TPSA) is 52.6 Å². The Labute approximate surface area is 121 Å². The van der Waals surface area contributed by atoms with E-state index in [0.717, 1.165) is 51.2 Å². The SMILES string of the molecule is O=C(NC1CCN(C2CCCC2)CC1)C1CCCC1O. The molecule has 0 aromatic carbocycles.